The Labute approximate surface area is 230 Å². The molecule has 0 aliphatic heterocycles. The molecule has 186 valence electrons. The fraction of sp³-hybridized carbons (Fsp3) is 0.115. The van der Waals surface area contributed by atoms with Crippen LogP contribution in [-0.4, -0.2) is 19.0 Å². The summed E-state index contributed by atoms with van der Waals surface area (Å²) in [4.78, 5) is 29.7. The Kier molecular flexibility index (Phi) is 7.00. The summed E-state index contributed by atoms with van der Waals surface area (Å²) >= 11 is 14.5. The second-order valence-electron chi connectivity index (χ2n) is 8.33. The van der Waals surface area contributed by atoms with Crippen molar-refractivity contribution in [2.24, 2.45) is 0 Å². The van der Waals surface area contributed by atoms with Crippen LogP contribution in [0.25, 0.3) is 21.7 Å². The zero-order chi connectivity index (χ0) is 26.3. The first-order chi connectivity index (χ1) is 17.7. The summed E-state index contributed by atoms with van der Waals surface area (Å²) in [5.41, 5.74) is 4.49. The van der Waals surface area contributed by atoms with E-state index in [-0.39, 0.29) is 11.2 Å². The van der Waals surface area contributed by atoms with E-state index in [0.29, 0.717) is 35.9 Å². The monoisotopic (exact) mass is 566 g/mol. The van der Waals surface area contributed by atoms with Gasteiger partial charge in [-0.25, -0.2) is 4.98 Å². The van der Waals surface area contributed by atoms with Gasteiger partial charge in [-0.2, -0.15) is 0 Å². The van der Waals surface area contributed by atoms with E-state index >= 15 is 0 Å². The van der Waals surface area contributed by atoms with E-state index in [9.17, 15) is 14.9 Å². The molecule has 0 saturated carbocycles. The van der Waals surface area contributed by atoms with Gasteiger partial charge in [0.05, 0.1) is 16.3 Å². The molecule has 3 aromatic carbocycles. The van der Waals surface area contributed by atoms with Gasteiger partial charge < -0.3 is 0 Å². The summed E-state index contributed by atoms with van der Waals surface area (Å²) in [7, 11) is 0. The van der Waals surface area contributed by atoms with Gasteiger partial charge in [-0.3, -0.25) is 24.0 Å². The number of thiazole rings is 1. The first-order valence-corrected chi connectivity index (χ1v) is 13.7. The van der Waals surface area contributed by atoms with Gasteiger partial charge in [0.2, 0.25) is 0 Å². The molecule has 0 unspecified atom stereocenters. The summed E-state index contributed by atoms with van der Waals surface area (Å²) < 4.78 is 4.35. The number of non-ortho nitro benzene ring substituents is 1. The third-order valence-corrected chi connectivity index (χ3v) is 8.39. The number of fused-ring (bicyclic) bond motifs is 1. The van der Waals surface area contributed by atoms with Crippen molar-refractivity contribution >= 4 is 63.0 Å². The quantitative estimate of drug-likeness (QED) is 0.0698. The lowest BCUT2D eigenvalue weighted by Crippen LogP contribution is -2.21. The second-order valence-corrected chi connectivity index (χ2v) is 11.4. The second kappa shape index (κ2) is 10.2. The van der Waals surface area contributed by atoms with Crippen molar-refractivity contribution in [1.29, 1.82) is 0 Å². The summed E-state index contributed by atoms with van der Waals surface area (Å²) in [5, 5.41) is 12.2. The van der Waals surface area contributed by atoms with Crippen molar-refractivity contribution in [1.82, 2.24) is 14.1 Å². The van der Waals surface area contributed by atoms with Crippen molar-refractivity contribution in [3.8, 4) is 11.4 Å². The molecule has 5 aromatic rings. The Balaban J connectivity index is 1.74. The maximum Gasteiger partial charge on any atom is 0.278 e. The van der Waals surface area contributed by atoms with Crippen molar-refractivity contribution in [2.75, 3.05) is 0 Å². The van der Waals surface area contributed by atoms with Gasteiger partial charge in [-0.1, -0.05) is 71.1 Å². The first kappa shape index (κ1) is 25.3. The predicted molar refractivity (Wildman–Crippen MR) is 153 cm³/mol. The minimum absolute atomic E-state index is 0.00944. The number of nitro benzene ring substituents is 1. The van der Waals surface area contributed by atoms with Gasteiger partial charge >= 0.3 is 0 Å². The third-order valence-electron chi connectivity index (χ3n) is 5.80. The van der Waals surface area contributed by atoms with E-state index in [4.69, 9.17) is 28.8 Å². The zero-order valence-corrected chi connectivity index (χ0v) is 22.9. The van der Waals surface area contributed by atoms with Crippen LogP contribution < -0.4 is 5.56 Å². The zero-order valence-electron chi connectivity index (χ0n) is 19.7. The number of rotatable bonds is 6. The Morgan fingerprint density at radius 3 is 2.46 bits per heavy atom. The van der Waals surface area contributed by atoms with Gasteiger partial charge in [-0.05, 0) is 61.0 Å². The van der Waals surface area contributed by atoms with Crippen LogP contribution >= 0.6 is 46.9 Å². The number of hydrogen-bond acceptors (Lipinski definition) is 7. The molecule has 0 N–H and O–H groups in total. The van der Waals surface area contributed by atoms with Crippen molar-refractivity contribution in [3.05, 3.63) is 113 Å². The van der Waals surface area contributed by atoms with Gasteiger partial charge in [-0.15, -0.1) is 0 Å². The molecule has 7 nitrogen and oxygen atoms in total. The van der Waals surface area contributed by atoms with Crippen LogP contribution in [0.15, 0.2) is 76.7 Å². The molecule has 0 spiro atoms. The first-order valence-electron chi connectivity index (χ1n) is 11.1. The van der Waals surface area contributed by atoms with Crippen LogP contribution in [0.4, 0.5) is 5.69 Å². The standard InChI is InChI=1S/C26H19ClN4O3S3/c1-15-6-3-7-16(2)21(15)30-23-22(37-26(30)35)24(32)29(19-10-5-9-18(27)13-19)25(28-23)36-14-17-8-4-11-20(12-17)31(33)34/h3-13H,14H2,1-2H3. The highest BCUT2D eigenvalue weighted by Crippen LogP contribution is 2.31. The number of para-hydroxylation sites is 1. The number of aryl methyl sites for hydroxylation is 2. The number of thioether (sulfide) groups is 1. The van der Waals surface area contributed by atoms with Crippen LogP contribution in [0.3, 0.4) is 0 Å². The van der Waals surface area contributed by atoms with Crippen LogP contribution in [0.2, 0.25) is 5.02 Å². The number of nitrogens with zero attached hydrogens (tertiary/aromatic N) is 4. The van der Waals surface area contributed by atoms with Gasteiger partial charge in [0, 0.05) is 22.9 Å². The van der Waals surface area contributed by atoms with Gasteiger partial charge in [0.25, 0.3) is 11.2 Å². The lowest BCUT2D eigenvalue weighted by atomic mass is 10.1. The van der Waals surface area contributed by atoms with Crippen molar-refractivity contribution in [3.63, 3.8) is 0 Å². The smallest absolute Gasteiger partial charge is 0.275 e. The Bertz CT molecular complexity index is 1790. The lowest BCUT2D eigenvalue weighted by Gasteiger charge is -2.15. The number of aromatic nitrogens is 3. The van der Waals surface area contributed by atoms with E-state index in [1.165, 1.54) is 39.8 Å². The van der Waals surface area contributed by atoms with Crippen molar-refractivity contribution < 1.29 is 4.92 Å². The van der Waals surface area contributed by atoms with E-state index in [1.54, 1.807) is 30.3 Å². The fourth-order valence-electron chi connectivity index (χ4n) is 4.14. The molecule has 0 aliphatic carbocycles. The molecule has 2 aromatic heterocycles. The number of nitro groups is 1. The Hall–Kier alpha value is -3.31. The third kappa shape index (κ3) is 4.85. The van der Waals surface area contributed by atoms with Crippen molar-refractivity contribution in [2.45, 2.75) is 24.8 Å². The average molecular weight is 567 g/mol. The Morgan fingerprint density at radius 1 is 1.05 bits per heavy atom. The van der Waals surface area contributed by atoms with E-state index < -0.39 is 4.92 Å². The van der Waals surface area contributed by atoms with Crippen LogP contribution in [0.1, 0.15) is 16.7 Å². The average Bonchev–Trinajstić information content (AvgIpc) is 3.19. The lowest BCUT2D eigenvalue weighted by molar-refractivity contribution is -0.384. The molecular weight excluding hydrogens is 548 g/mol. The molecule has 5 rings (SSSR count). The molecule has 0 atom stereocenters. The number of halogens is 1. The molecule has 11 heteroatoms. The minimum atomic E-state index is -0.426. The van der Waals surface area contributed by atoms with Gasteiger partial charge in [0.15, 0.2) is 14.8 Å². The molecule has 0 aliphatic rings. The molecule has 0 bridgehead atoms. The molecular formula is C26H19ClN4O3S3. The van der Waals surface area contributed by atoms with E-state index in [2.05, 4.69) is 0 Å². The van der Waals surface area contributed by atoms with Gasteiger partial charge in [0.1, 0.15) is 4.70 Å². The maximum absolute atomic E-state index is 13.9. The maximum atomic E-state index is 13.9. The molecule has 2 heterocycles. The van der Waals surface area contributed by atoms with Crippen LogP contribution in [0.5, 0.6) is 0 Å². The minimum Gasteiger partial charge on any atom is -0.275 e. The topological polar surface area (TPSA) is 83.0 Å². The molecule has 37 heavy (non-hydrogen) atoms. The molecule has 0 radical (unpaired) electrons. The summed E-state index contributed by atoms with van der Waals surface area (Å²) in [6, 6.07) is 19.4. The Morgan fingerprint density at radius 2 is 1.76 bits per heavy atom. The highest BCUT2D eigenvalue weighted by Gasteiger charge is 2.21. The molecule has 0 amide bonds. The van der Waals surface area contributed by atoms with Crippen LogP contribution in [-0.2, 0) is 5.75 Å². The predicted octanol–water partition coefficient (Wildman–Crippen LogP) is 7.44. The highest BCUT2D eigenvalue weighted by molar-refractivity contribution is 7.98. The normalized spacial score (nSPS) is 11.2. The van der Waals surface area contributed by atoms with Crippen LogP contribution in [0, 0.1) is 27.9 Å². The SMILES string of the molecule is Cc1cccc(C)c1-n1c(=S)sc2c(=O)n(-c3cccc(Cl)c3)c(SCc3cccc([N+](=O)[O-])c3)nc21. The molecule has 0 fully saturated rings. The highest BCUT2D eigenvalue weighted by atomic mass is 35.5. The van der Waals surface area contributed by atoms with E-state index in [0.717, 1.165) is 22.4 Å². The fourth-order valence-corrected chi connectivity index (χ4v) is 6.55. The van der Waals surface area contributed by atoms with E-state index in [1.807, 2.05) is 42.7 Å². The summed E-state index contributed by atoms with van der Waals surface area (Å²) in [6.07, 6.45) is 0. The number of benzene rings is 3. The molecule has 0 saturated heterocycles. The summed E-state index contributed by atoms with van der Waals surface area (Å²) in [6.45, 7) is 4.00. The number of hydrogen-bond donors (Lipinski definition) is 0. The summed E-state index contributed by atoms with van der Waals surface area (Å²) in [5.74, 6) is 0.369. The largest absolute Gasteiger partial charge is 0.278 e.